The molecule has 4 nitrogen and oxygen atoms in total. The number of aryl methyl sites for hydroxylation is 3. The van der Waals surface area contributed by atoms with Gasteiger partial charge < -0.3 is 5.32 Å². The van der Waals surface area contributed by atoms with Crippen LogP contribution in [0.1, 0.15) is 53.9 Å². The number of hydrogen-bond acceptors (Lipinski definition) is 4. The van der Waals surface area contributed by atoms with Crippen molar-refractivity contribution >= 4 is 17.7 Å². The third-order valence-corrected chi connectivity index (χ3v) is 4.96. The Kier molecular flexibility index (Phi) is 7.00. The van der Waals surface area contributed by atoms with E-state index >= 15 is 0 Å². The van der Waals surface area contributed by atoms with Gasteiger partial charge in [0.1, 0.15) is 0 Å². The summed E-state index contributed by atoms with van der Waals surface area (Å²) in [5.74, 6) is 0.0696. The number of nitrogens with one attached hydrogen (secondary N) is 1. The zero-order chi connectivity index (χ0) is 18.4. The molecule has 1 N–H and O–H groups in total. The third kappa shape index (κ3) is 5.30. The molecule has 0 spiro atoms. The van der Waals surface area contributed by atoms with Crippen molar-refractivity contribution in [2.75, 3.05) is 6.26 Å². The summed E-state index contributed by atoms with van der Waals surface area (Å²) in [4.78, 5) is 21.4. The highest BCUT2D eigenvalue weighted by atomic mass is 32.2. The van der Waals surface area contributed by atoms with E-state index < -0.39 is 0 Å². The highest BCUT2D eigenvalue weighted by Gasteiger charge is 2.14. The van der Waals surface area contributed by atoms with E-state index in [0.717, 1.165) is 34.1 Å². The van der Waals surface area contributed by atoms with Crippen LogP contribution in [0.25, 0.3) is 0 Å². The first-order valence-corrected chi connectivity index (χ1v) is 9.91. The second-order valence-corrected chi connectivity index (χ2v) is 7.07. The molecule has 0 aliphatic carbocycles. The monoisotopic (exact) mass is 357 g/mol. The van der Waals surface area contributed by atoms with Crippen molar-refractivity contribution in [1.29, 1.82) is 0 Å². The maximum absolute atomic E-state index is 12.4. The Morgan fingerprint density at radius 1 is 1.12 bits per heavy atom. The van der Waals surface area contributed by atoms with Gasteiger partial charge in [-0.05, 0) is 51.0 Å². The molecule has 0 aliphatic heterocycles. The number of benzene rings is 1. The number of carbonyl (C=O) groups is 1. The first-order valence-electron chi connectivity index (χ1n) is 8.68. The van der Waals surface area contributed by atoms with Gasteiger partial charge in [-0.3, -0.25) is 4.79 Å². The van der Waals surface area contributed by atoms with E-state index in [1.165, 1.54) is 17.3 Å². The van der Waals surface area contributed by atoms with Crippen molar-refractivity contribution in [1.82, 2.24) is 15.3 Å². The van der Waals surface area contributed by atoms with E-state index in [9.17, 15) is 4.79 Å². The van der Waals surface area contributed by atoms with Crippen LogP contribution in [0.4, 0.5) is 0 Å². The Morgan fingerprint density at radius 2 is 1.72 bits per heavy atom. The summed E-state index contributed by atoms with van der Waals surface area (Å²) in [6.45, 7) is 8.14. The number of aromatic nitrogens is 2. The summed E-state index contributed by atoms with van der Waals surface area (Å²) < 4.78 is 0. The minimum atomic E-state index is 0.0606. The molecule has 0 bridgehead atoms. The van der Waals surface area contributed by atoms with Crippen molar-refractivity contribution in [3.63, 3.8) is 0 Å². The molecule has 1 amide bonds. The maximum atomic E-state index is 12.4. The van der Waals surface area contributed by atoms with Gasteiger partial charge in [0.05, 0.1) is 6.04 Å². The number of nitrogens with zero attached hydrogens (tertiary/aromatic N) is 2. The van der Waals surface area contributed by atoms with Gasteiger partial charge in [0.25, 0.3) is 0 Å². The first kappa shape index (κ1) is 19.4. The number of carbonyl (C=O) groups excluding carboxylic acids is 1. The molecule has 134 valence electrons. The lowest BCUT2D eigenvalue weighted by molar-refractivity contribution is -0.121. The summed E-state index contributed by atoms with van der Waals surface area (Å²) in [5, 5.41) is 3.94. The van der Waals surface area contributed by atoms with Crippen molar-refractivity contribution in [3.8, 4) is 0 Å². The lowest BCUT2D eigenvalue weighted by atomic mass is 10.0. The fourth-order valence-electron chi connectivity index (χ4n) is 2.89. The molecule has 0 radical (unpaired) electrons. The predicted molar refractivity (Wildman–Crippen MR) is 104 cm³/mol. The van der Waals surface area contributed by atoms with E-state index in [-0.39, 0.29) is 11.9 Å². The smallest absolute Gasteiger partial charge is 0.220 e. The van der Waals surface area contributed by atoms with Crippen LogP contribution >= 0.6 is 11.8 Å². The second kappa shape index (κ2) is 8.99. The summed E-state index contributed by atoms with van der Waals surface area (Å²) in [5.41, 5.74) is 5.40. The maximum Gasteiger partial charge on any atom is 0.220 e. The van der Waals surface area contributed by atoms with E-state index in [4.69, 9.17) is 0 Å². The number of amides is 1. The molecule has 1 atom stereocenters. The SMILES string of the molecule is CC[C@@H](NC(=O)CCc1c(C)nc(SC)nc1C)c1ccc(C)cc1. The van der Waals surface area contributed by atoms with Crippen LogP contribution in [0.5, 0.6) is 0 Å². The van der Waals surface area contributed by atoms with Crippen LogP contribution in [0.15, 0.2) is 29.4 Å². The summed E-state index contributed by atoms with van der Waals surface area (Å²) in [6, 6.07) is 8.41. The van der Waals surface area contributed by atoms with Crippen LogP contribution in [0, 0.1) is 20.8 Å². The second-order valence-electron chi connectivity index (χ2n) is 6.30. The molecular weight excluding hydrogens is 330 g/mol. The Balaban J connectivity index is 1.99. The quantitative estimate of drug-likeness (QED) is 0.592. The Labute approximate surface area is 154 Å². The number of hydrogen-bond donors (Lipinski definition) is 1. The zero-order valence-electron chi connectivity index (χ0n) is 15.7. The minimum Gasteiger partial charge on any atom is -0.349 e. The third-order valence-electron chi connectivity index (χ3n) is 4.41. The Hall–Kier alpha value is -1.88. The zero-order valence-corrected chi connectivity index (χ0v) is 16.5. The van der Waals surface area contributed by atoms with Crippen molar-refractivity contribution in [2.45, 2.75) is 58.2 Å². The molecule has 0 fully saturated rings. The van der Waals surface area contributed by atoms with Gasteiger partial charge in [0.2, 0.25) is 5.91 Å². The average molecular weight is 358 g/mol. The molecule has 1 heterocycles. The Morgan fingerprint density at radius 3 is 2.24 bits per heavy atom. The van der Waals surface area contributed by atoms with Crippen LogP contribution in [0.2, 0.25) is 0 Å². The molecule has 1 aromatic carbocycles. The summed E-state index contributed by atoms with van der Waals surface area (Å²) >= 11 is 1.54. The molecular formula is C20H27N3OS. The summed E-state index contributed by atoms with van der Waals surface area (Å²) in [6.07, 6.45) is 3.96. The predicted octanol–water partition coefficient (Wildman–Crippen LogP) is 4.32. The molecule has 0 saturated carbocycles. The normalized spacial score (nSPS) is 12.0. The van der Waals surface area contributed by atoms with Gasteiger partial charge >= 0.3 is 0 Å². The molecule has 0 aliphatic rings. The molecule has 5 heteroatoms. The largest absolute Gasteiger partial charge is 0.349 e. The van der Waals surface area contributed by atoms with E-state index in [2.05, 4.69) is 53.4 Å². The van der Waals surface area contributed by atoms with Gasteiger partial charge in [0, 0.05) is 17.8 Å². The van der Waals surface area contributed by atoms with Crippen molar-refractivity contribution in [3.05, 3.63) is 52.3 Å². The molecule has 0 saturated heterocycles. The highest BCUT2D eigenvalue weighted by molar-refractivity contribution is 7.98. The van der Waals surface area contributed by atoms with E-state index in [0.29, 0.717) is 12.8 Å². The van der Waals surface area contributed by atoms with Crippen LogP contribution in [-0.4, -0.2) is 22.1 Å². The van der Waals surface area contributed by atoms with Crippen molar-refractivity contribution in [2.24, 2.45) is 0 Å². The molecule has 25 heavy (non-hydrogen) atoms. The average Bonchev–Trinajstić information content (AvgIpc) is 2.59. The van der Waals surface area contributed by atoms with E-state index in [1.807, 2.05) is 20.1 Å². The van der Waals surface area contributed by atoms with Crippen molar-refractivity contribution < 1.29 is 4.79 Å². The van der Waals surface area contributed by atoms with Gasteiger partial charge in [-0.25, -0.2) is 9.97 Å². The van der Waals surface area contributed by atoms with Gasteiger partial charge in [0.15, 0.2) is 5.16 Å². The van der Waals surface area contributed by atoms with Crippen LogP contribution in [0.3, 0.4) is 0 Å². The minimum absolute atomic E-state index is 0.0606. The number of thioether (sulfide) groups is 1. The molecule has 2 aromatic rings. The fraction of sp³-hybridized carbons (Fsp3) is 0.450. The lowest BCUT2D eigenvalue weighted by Crippen LogP contribution is -2.28. The fourth-order valence-corrected chi connectivity index (χ4v) is 3.34. The lowest BCUT2D eigenvalue weighted by Gasteiger charge is -2.18. The molecule has 2 rings (SSSR count). The Bertz CT molecular complexity index is 705. The summed E-state index contributed by atoms with van der Waals surface area (Å²) in [7, 11) is 0. The standard InChI is InChI=1S/C20H27N3OS/c1-6-18(16-9-7-13(2)8-10-16)23-19(24)12-11-17-14(3)21-20(25-5)22-15(17)4/h7-10,18H,6,11-12H2,1-5H3,(H,23,24)/t18-/m1/s1. The van der Waals surface area contributed by atoms with E-state index in [1.54, 1.807) is 0 Å². The van der Waals surface area contributed by atoms with Gasteiger partial charge in [-0.1, -0.05) is 48.5 Å². The van der Waals surface area contributed by atoms with Crippen LogP contribution < -0.4 is 5.32 Å². The molecule has 1 aromatic heterocycles. The van der Waals surface area contributed by atoms with Crippen LogP contribution in [-0.2, 0) is 11.2 Å². The molecule has 0 unspecified atom stereocenters. The topological polar surface area (TPSA) is 54.9 Å². The van der Waals surface area contributed by atoms with Gasteiger partial charge in [-0.15, -0.1) is 0 Å². The first-order chi connectivity index (χ1) is 11.9. The highest BCUT2D eigenvalue weighted by Crippen LogP contribution is 2.19. The van der Waals surface area contributed by atoms with Gasteiger partial charge in [-0.2, -0.15) is 0 Å². The number of rotatable bonds is 7.